The summed E-state index contributed by atoms with van der Waals surface area (Å²) < 4.78 is 0. The number of rotatable bonds is 8. The molecule has 0 spiro atoms. The average Bonchev–Trinajstić information content (AvgIpc) is 2.16. The lowest BCUT2D eigenvalue weighted by Gasteiger charge is -2.10. The Labute approximate surface area is 102 Å². The highest BCUT2D eigenvalue weighted by molar-refractivity contribution is 9.10. The highest BCUT2D eigenvalue weighted by atomic mass is 79.9. The van der Waals surface area contributed by atoms with E-state index in [9.17, 15) is 4.79 Å². The molecule has 0 bridgehead atoms. The molecule has 0 radical (unpaired) electrons. The zero-order chi connectivity index (χ0) is 11.7. The van der Waals surface area contributed by atoms with Crippen molar-refractivity contribution in [1.29, 1.82) is 0 Å². The van der Waals surface area contributed by atoms with Crippen molar-refractivity contribution in [3.63, 3.8) is 0 Å². The summed E-state index contributed by atoms with van der Waals surface area (Å²) in [4.78, 5) is 11.5. The fourth-order valence-corrected chi connectivity index (χ4v) is 2.00. The summed E-state index contributed by atoms with van der Waals surface area (Å²) >= 11 is 3.38. The Morgan fingerprint density at radius 2 is 1.93 bits per heavy atom. The minimum absolute atomic E-state index is 0.00685. The van der Waals surface area contributed by atoms with Crippen LogP contribution in [0.2, 0.25) is 0 Å². The van der Waals surface area contributed by atoms with Gasteiger partial charge >= 0.3 is 0 Å². The molecule has 0 aromatic heterocycles. The molecule has 90 valence electrons. The first-order chi connectivity index (χ1) is 7.07. The SMILES string of the molecule is CCCC(Br)C(=O)NCCCCC(C)C. The Morgan fingerprint density at radius 1 is 1.27 bits per heavy atom. The third kappa shape index (κ3) is 8.91. The van der Waals surface area contributed by atoms with Crippen molar-refractivity contribution in [3.8, 4) is 0 Å². The quantitative estimate of drug-likeness (QED) is 0.534. The van der Waals surface area contributed by atoms with Crippen LogP contribution in [-0.2, 0) is 4.79 Å². The Morgan fingerprint density at radius 3 is 2.47 bits per heavy atom. The van der Waals surface area contributed by atoms with E-state index >= 15 is 0 Å². The molecule has 0 aliphatic rings. The molecule has 0 aliphatic carbocycles. The highest BCUT2D eigenvalue weighted by Crippen LogP contribution is 2.08. The predicted octanol–water partition coefficient (Wildman–Crippen LogP) is 3.49. The van der Waals surface area contributed by atoms with Gasteiger partial charge < -0.3 is 5.32 Å². The van der Waals surface area contributed by atoms with Gasteiger partial charge in [0.25, 0.3) is 0 Å². The number of carbonyl (C=O) groups excluding carboxylic acids is 1. The molecule has 1 N–H and O–H groups in total. The molecule has 1 atom stereocenters. The molecular weight excluding hydrogens is 254 g/mol. The van der Waals surface area contributed by atoms with Crippen molar-refractivity contribution in [2.24, 2.45) is 5.92 Å². The van der Waals surface area contributed by atoms with Gasteiger partial charge in [-0.3, -0.25) is 4.79 Å². The Balaban J connectivity index is 3.38. The molecule has 3 heteroatoms. The van der Waals surface area contributed by atoms with Crippen LogP contribution in [0.25, 0.3) is 0 Å². The van der Waals surface area contributed by atoms with Gasteiger partial charge in [-0.15, -0.1) is 0 Å². The van der Waals surface area contributed by atoms with E-state index in [4.69, 9.17) is 0 Å². The third-order valence-electron chi connectivity index (χ3n) is 2.33. The average molecular weight is 278 g/mol. The normalized spacial score (nSPS) is 12.9. The van der Waals surface area contributed by atoms with Crippen LogP contribution >= 0.6 is 15.9 Å². The van der Waals surface area contributed by atoms with Crippen LogP contribution in [0.3, 0.4) is 0 Å². The molecule has 0 saturated carbocycles. The van der Waals surface area contributed by atoms with E-state index in [2.05, 4.69) is 42.0 Å². The Hall–Kier alpha value is -0.0500. The maximum atomic E-state index is 11.5. The summed E-state index contributed by atoms with van der Waals surface area (Å²) in [6.45, 7) is 7.37. The van der Waals surface area contributed by atoms with Crippen molar-refractivity contribution in [3.05, 3.63) is 0 Å². The number of halogens is 1. The first-order valence-electron chi connectivity index (χ1n) is 5.99. The van der Waals surface area contributed by atoms with Gasteiger partial charge in [-0.1, -0.05) is 56.0 Å². The number of carbonyl (C=O) groups is 1. The lowest BCUT2D eigenvalue weighted by Crippen LogP contribution is -2.31. The predicted molar refractivity (Wildman–Crippen MR) is 69.3 cm³/mol. The number of unbranched alkanes of at least 4 members (excludes halogenated alkanes) is 1. The standard InChI is InChI=1S/C12H24BrNO/c1-4-7-11(13)12(15)14-9-6-5-8-10(2)3/h10-11H,4-9H2,1-3H3,(H,14,15). The van der Waals surface area contributed by atoms with Crippen LogP contribution in [0.5, 0.6) is 0 Å². The van der Waals surface area contributed by atoms with Crippen LogP contribution in [-0.4, -0.2) is 17.3 Å². The first kappa shape index (κ1) is 14.9. The zero-order valence-electron chi connectivity index (χ0n) is 10.2. The lowest BCUT2D eigenvalue weighted by atomic mass is 10.1. The molecule has 0 fully saturated rings. The van der Waals surface area contributed by atoms with Gasteiger partial charge in [-0.2, -0.15) is 0 Å². The van der Waals surface area contributed by atoms with Crippen molar-refractivity contribution in [1.82, 2.24) is 5.32 Å². The lowest BCUT2D eigenvalue weighted by molar-refractivity contribution is -0.120. The second-order valence-electron chi connectivity index (χ2n) is 4.44. The molecule has 0 saturated heterocycles. The van der Waals surface area contributed by atoms with Gasteiger partial charge in [0.2, 0.25) is 5.91 Å². The monoisotopic (exact) mass is 277 g/mol. The van der Waals surface area contributed by atoms with Crippen molar-refractivity contribution in [2.75, 3.05) is 6.54 Å². The van der Waals surface area contributed by atoms with Gasteiger partial charge in [-0.05, 0) is 18.8 Å². The maximum absolute atomic E-state index is 11.5. The number of amides is 1. The molecule has 2 nitrogen and oxygen atoms in total. The van der Waals surface area contributed by atoms with Crippen molar-refractivity contribution in [2.45, 2.75) is 57.7 Å². The van der Waals surface area contributed by atoms with E-state index in [0.29, 0.717) is 0 Å². The number of nitrogens with one attached hydrogen (secondary N) is 1. The number of alkyl halides is 1. The molecule has 0 heterocycles. The largest absolute Gasteiger partial charge is 0.355 e. The van der Waals surface area contributed by atoms with E-state index in [1.165, 1.54) is 12.8 Å². The van der Waals surface area contributed by atoms with Crippen LogP contribution in [0.15, 0.2) is 0 Å². The van der Waals surface area contributed by atoms with Crippen LogP contribution in [0.1, 0.15) is 52.9 Å². The molecular formula is C12H24BrNO. The van der Waals surface area contributed by atoms with Crippen LogP contribution in [0, 0.1) is 5.92 Å². The third-order valence-corrected chi connectivity index (χ3v) is 3.21. The van der Waals surface area contributed by atoms with Gasteiger partial charge in [0.1, 0.15) is 0 Å². The van der Waals surface area contributed by atoms with Crippen LogP contribution in [0.4, 0.5) is 0 Å². The van der Waals surface area contributed by atoms with Gasteiger partial charge in [0, 0.05) is 6.54 Å². The van der Waals surface area contributed by atoms with Gasteiger partial charge in [0.15, 0.2) is 0 Å². The van der Waals surface area contributed by atoms with Crippen molar-refractivity contribution >= 4 is 21.8 Å². The highest BCUT2D eigenvalue weighted by Gasteiger charge is 2.12. The van der Waals surface area contributed by atoms with E-state index in [1.54, 1.807) is 0 Å². The molecule has 1 unspecified atom stereocenters. The van der Waals surface area contributed by atoms with E-state index in [-0.39, 0.29) is 10.7 Å². The van der Waals surface area contributed by atoms with Gasteiger partial charge in [0.05, 0.1) is 4.83 Å². The Kier molecular flexibility index (Phi) is 9.17. The summed E-state index contributed by atoms with van der Waals surface area (Å²) in [5, 5.41) is 2.96. The van der Waals surface area contributed by atoms with E-state index < -0.39 is 0 Å². The summed E-state index contributed by atoms with van der Waals surface area (Å²) in [6.07, 6.45) is 5.51. The number of hydrogen-bond donors (Lipinski definition) is 1. The maximum Gasteiger partial charge on any atom is 0.233 e. The topological polar surface area (TPSA) is 29.1 Å². The summed E-state index contributed by atoms with van der Waals surface area (Å²) in [5.74, 6) is 0.908. The molecule has 0 aliphatic heterocycles. The summed E-state index contributed by atoms with van der Waals surface area (Å²) in [5.41, 5.74) is 0. The fourth-order valence-electron chi connectivity index (χ4n) is 1.38. The van der Waals surface area contributed by atoms with E-state index in [0.717, 1.165) is 31.7 Å². The van der Waals surface area contributed by atoms with E-state index in [1.807, 2.05) is 0 Å². The molecule has 0 aromatic carbocycles. The van der Waals surface area contributed by atoms with Gasteiger partial charge in [-0.25, -0.2) is 0 Å². The number of hydrogen-bond acceptors (Lipinski definition) is 1. The minimum atomic E-state index is -0.00685. The summed E-state index contributed by atoms with van der Waals surface area (Å²) in [7, 11) is 0. The van der Waals surface area contributed by atoms with Crippen molar-refractivity contribution < 1.29 is 4.79 Å². The molecule has 15 heavy (non-hydrogen) atoms. The molecule has 0 aromatic rings. The summed E-state index contributed by atoms with van der Waals surface area (Å²) in [6, 6.07) is 0. The fraction of sp³-hybridized carbons (Fsp3) is 0.917. The Bertz CT molecular complexity index is 171. The van der Waals surface area contributed by atoms with Crippen LogP contribution < -0.4 is 5.32 Å². The second-order valence-corrected chi connectivity index (χ2v) is 5.54. The molecule has 0 rings (SSSR count). The zero-order valence-corrected chi connectivity index (χ0v) is 11.8. The minimum Gasteiger partial charge on any atom is -0.355 e. The first-order valence-corrected chi connectivity index (χ1v) is 6.91. The molecule has 1 amide bonds. The second kappa shape index (κ2) is 9.20. The smallest absolute Gasteiger partial charge is 0.233 e.